The lowest BCUT2D eigenvalue weighted by Crippen LogP contribution is -2.03. The summed E-state index contributed by atoms with van der Waals surface area (Å²) in [6.07, 6.45) is 0. The van der Waals surface area contributed by atoms with Crippen LogP contribution in [0.15, 0.2) is 68.7 Å². The second-order valence-electron chi connectivity index (χ2n) is 6.43. The summed E-state index contributed by atoms with van der Waals surface area (Å²) in [7, 11) is -4.58. The van der Waals surface area contributed by atoms with Gasteiger partial charge in [-0.1, -0.05) is 18.2 Å². The van der Waals surface area contributed by atoms with Crippen molar-refractivity contribution >= 4 is 53.4 Å². The van der Waals surface area contributed by atoms with Crippen molar-refractivity contribution in [2.45, 2.75) is 4.90 Å². The van der Waals surface area contributed by atoms with E-state index in [1.54, 1.807) is 12.1 Å². The van der Waals surface area contributed by atoms with Gasteiger partial charge in [-0.25, -0.2) is 9.78 Å². The lowest BCUT2D eigenvalue weighted by Gasteiger charge is -2.07. The summed E-state index contributed by atoms with van der Waals surface area (Å²) in [5, 5.41) is 12.0. The van der Waals surface area contributed by atoms with E-state index in [1.807, 2.05) is 24.3 Å². The van der Waals surface area contributed by atoms with E-state index in [2.05, 4.69) is 4.98 Å². The van der Waals surface area contributed by atoms with Gasteiger partial charge in [-0.3, -0.25) is 4.55 Å². The third kappa shape index (κ3) is 2.87. The number of rotatable bonds is 2. The zero-order valence-electron chi connectivity index (χ0n) is 14.5. The molecule has 0 aliphatic rings. The van der Waals surface area contributed by atoms with Crippen molar-refractivity contribution in [2.24, 2.45) is 0 Å². The number of phenols is 1. The molecule has 2 heterocycles. The molecule has 0 fully saturated rings. The molecule has 0 amide bonds. The van der Waals surface area contributed by atoms with E-state index in [-0.39, 0.29) is 11.1 Å². The van der Waals surface area contributed by atoms with Crippen LogP contribution in [0.1, 0.15) is 0 Å². The molecule has 0 spiro atoms. The Morgan fingerprint density at radius 3 is 2.55 bits per heavy atom. The van der Waals surface area contributed by atoms with Gasteiger partial charge in [0.15, 0.2) is 0 Å². The molecule has 0 unspecified atom stereocenters. The van der Waals surface area contributed by atoms with Crippen molar-refractivity contribution < 1.29 is 22.5 Å². The molecular formula is C20H11NO6S2. The van der Waals surface area contributed by atoms with Crippen molar-refractivity contribution in [2.75, 3.05) is 0 Å². The third-order valence-electron chi connectivity index (χ3n) is 4.61. The van der Waals surface area contributed by atoms with Crippen molar-refractivity contribution in [3.63, 3.8) is 0 Å². The van der Waals surface area contributed by atoms with Gasteiger partial charge in [0.05, 0.1) is 15.8 Å². The van der Waals surface area contributed by atoms with Crippen molar-refractivity contribution in [1.82, 2.24) is 4.98 Å². The van der Waals surface area contributed by atoms with Crippen LogP contribution < -0.4 is 5.63 Å². The number of aromatic hydroxyl groups is 1. The topological polar surface area (TPSA) is 118 Å². The third-order valence-corrected chi connectivity index (χ3v) is 6.57. The van der Waals surface area contributed by atoms with E-state index in [9.17, 15) is 22.9 Å². The summed E-state index contributed by atoms with van der Waals surface area (Å²) >= 11 is 1.35. The second kappa shape index (κ2) is 6.11. The largest absolute Gasteiger partial charge is 0.506 e. The van der Waals surface area contributed by atoms with Crippen LogP contribution in [-0.2, 0) is 10.1 Å². The van der Waals surface area contributed by atoms with Gasteiger partial charge in [-0.05, 0) is 47.2 Å². The number of nitrogens with zero attached hydrogens (tertiary/aromatic N) is 1. The Bertz CT molecular complexity index is 1580. The van der Waals surface area contributed by atoms with E-state index >= 15 is 0 Å². The van der Waals surface area contributed by atoms with Gasteiger partial charge in [0.2, 0.25) is 0 Å². The molecule has 9 heteroatoms. The molecule has 0 radical (unpaired) electrons. The summed E-state index contributed by atoms with van der Waals surface area (Å²) in [5.74, 6) is -0.597. The number of hydrogen-bond donors (Lipinski definition) is 2. The van der Waals surface area contributed by atoms with Crippen LogP contribution in [0.3, 0.4) is 0 Å². The van der Waals surface area contributed by atoms with Gasteiger partial charge in [-0.2, -0.15) is 8.42 Å². The van der Waals surface area contributed by atoms with Crippen LogP contribution in [0.4, 0.5) is 0 Å². The highest BCUT2D eigenvalue weighted by Crippen LogP contribution is 2.35. The van der Waals surface area contributed by atoms with Crippen molar-refractivity contribution in [3.8, 4) is 16.3 Å². The highest BCUT2D eigenvalue weighted by atomic mass is 32.2. The van der Waals surface area contributed by atoms with Crippen LogP contribution in [0, 0.1) is 0 Å². The number of fused-ring (bicyclic) bond motifs is 4. The van der Waals surface area contributed by atoms with Gasteiger partial charge in [-0.15, -0.1) is 11.3 Å². The first-order chi connectivity index (χ1) is 13.8. The van der Waals surface area contributed by atoms with E-state index in [4.69, 9.17) is 4.42 Å². The minimum atomic E-state index is -4.58. The monoisotopic (exact) mass is 425 g/mol. The molecule has 5 rings (SSSR count). The number of phenolic OH excluding ortho intramolecular Hbond substituents is 1. The first-order valence-electron chi connectivity index (χ1n) is 8.38. The maximum atomic E-state index is 12.5. The highest BCUT2D eigenvalue weighted by Gasteiger charge is 2.19. The molecule has 7 nitrogen and oxygen atoms in total. The number of benzene rings is 3. The Balaban J connectivity index is 1.83. The van der Waals surface area contributed by atoms with E-state index in [0.29, 0.717) is 21.2 Å². The molecular weight excluding hydrogens is 414 g/mol. The summed E-state index contributed by atoms with van der Waals surface area (Å²) in [4.78, 5) is 16.4. The SMILES string of the molecule is O=c1oc2ccc3cc(S(=O)(=O)O)c(O)cc3c2cc1-c1nc2ccccc2s1. The Kier molecular flexibility index (Phi) is 3.75. The van der Waals surface area contributed by atoms with Gasteiger partial charge < -0.3 is 9.52 Å². The normalized spacial score (nSPS) is 12.2. The lowest BCUT2D eigenvalue weighted by atomic mass is 10.0. The fraction of sp³-hybridized carbons (Fsp3) is 0. The molecule has 0 atom stereocenters. The molecule has 29 heavy (non-hydrogen) atoms. The Hall–Kier alpha value is -3.27. The smallest absolute Gasteiger partial charge is 0.346 e. The van der Waals surface area contributed by atoms with Crippen LogP contribution in [-0.4, -0.2) is 23.1 Å². The zero-order chi connectivity index (χ0) is 20.3. The second-order valence-corrected chi connectivity index (χ2v) is 8.85. The quantitative estimate of drug-likeness (QED) is 0.247. The van der Waals surface area contributed by atoms with Crippen LogP contribution in [0.25, 0.3) is 42.5 Å². The Labute approximate surface area is 167 Å². The molecule has 3 aromatic carbocycles. The average Bonchev–Trinajstić information content (AvgIpc) is 3.10. The summed E-state index contributed by atoms with van der Waals surface area (Å²) in [6.45, 7) is 0. The standard InChI is InChI=1S/C20H11NO6S2/c22-15-9-11-10(7-18(15)29(24,25)26)5-6-16-12(11)8-13(20(23)27-16)19-21-14-3-1-2-4-17(14)28-19/h1-9,22H,(H,24,25,26). The molecule has 2 aromatic heterocycles. The number of thiazole rings is 1. The Morgan fingerprint density at radius 1 is 1.00 bits per heavy atom. The Morgan fingerprint density at radius 2 is 1.79 bits per heavy atom. The molecule has 0 aliphatic heterocycles. The fourth-order valence-electron chi connectivity index (χ4n) is 3.28. The minimum absolute atomic E-state index is 0.268. The van der Waals surface area contributed by atoms with Gasteiger partial charge in [0.25, 0.3) is 10.1 Å². The predicted octanol–water partition coefficient (Wildman–Crippen LogP) is 4.18. The van der Waals surface area contributed by atoms with Gasteiger partial charge in [0, 0.05) is 5.39 Å². The fourth-order valence-corrected chi connectivity index (χ4v) is 4.85. The summed E-state index contributed by atoms with van der Waals surface area (Å²) in [6, 6.07) is 14.6. The van der Waals surface area contributed by atoms with Gasteiger partial charge in [0.1, 0.15) is 21.2 Å². The first-order valence-corrected chi connectivity index (χ1v) is 10.6. The van der Waals surface area contributed by atoms with E-state index in [0.717, 1.165) is 10.2 Å². The molecule has 2 N–H and O–H groups in total. The van der Waals surface area contributed by atoms with Crippen molar-refractivity contribution in [3.05, 3.63) is 65.0 Å². The zero-order valence-corrected chi connectivity index (χ0v) is 16.1. The molecule has 0 bridgehead atoms. The van der Waals surface area contributed by atoms with E-state index < -0.39 is 26.4 Å². The minimum Gasteiger partial charge on any atom is -0.506 e. The van der Waals surface area contributed by atoms with Crippen LogP contribution in [0.5, 0.6) is 5.75 Å². The first kappa shape index (κ1) is 17.8. The average molecular weight is 425 g/mol. The lowest BCUT2D eigenvalue weighted by molar-refractivity contribution is 0.444. The molecule has 0 saturated heterocycles. The van der Waals surface area contributed by atoms with Crippen LogP contribution >= 0.6 is 11.3 Å². The number of para-hydroxylation sites is 1. The van der Waals surface area contributed by atoms with E-state index in [1.165, 1.54) is 29.5 Å². The highest BCUT2D eigenvalue weighted by molar-refractivity contribution is 7.86. The number of aromatic nitrogens is 1. The molecule has 5 aromatic rings. The number of hydrogen-bond acceptors (Lipinski definition) is 7. The van der Waals surface area contributed by atoms with Gasteiger partial charge >= 0.3 is 5.63 Å². The maximum absolute atomic E-state index is 12.5. The summed E-state index contributed by atoms with van der Waals surface area (Å²) in [5.41, 5.74) is 0.769. The summed E-state index contributed by atoms with van der Waals surface area (Å²) < 4.78 is 38.6. The van der Waals surface area contributed by atoms with Crippen LogP contribution in [0.2, 0.25) is 0 Å². The molecule has 0 aliphatic carbocycles. The van der Waals surface area contributed by atoms with Crippen molar-refractivity contribution in [1.29, 1.82) is 0 Å². The maximum Gasteiger partial charge on any atom is 0.346 e. The predicted molar refractivity (Wildman–Crippen MR) is 110 cm³/mol. The molecule has 144 valence electrons. The molecule has 0 saturated carbocycles.